The predicted molar refractivity (Wildman–Crippen MR) is 68.4 cm³/mol. The zero-order chi connectivity index (χ0) is 12.3. The first-order valence-corrected chi connectivity index (χ1v) is 6.53. The highest BCUT2D eigenvalue weighted by molar-refractivity contribution is 6.34. The van der Waals surface area contributed by atoms with Crippen molar-refractivity contribution in [1.29, 1.82) is 0 Å². The first-order chi connectivity index (χ1) is 8.13. The summed E-state index contributed by atoms with van der Waals surface area (Å²) in [5.41, 5.74) is -0.764. The fraction of sp³-hybridized carbons (Fsp3) is 0.500. The average molecular weight is 253 g/mol. The van der Waals surface area contributed by atoms with E-state index in [4.69, 9.17) is 11.6 Å². The van der Waals surface area contributed by atoms with Crippen LogP contribution in [0, 0.1) is 0 Å². The van der Waals surface area contributed by atoms with Gasteiger partial charge in [-0.3, -0.25) is 4.79 Å². The zero-order valence-electron chi connectivity index (χ0n) is 9.79. The SMILES string of the molecule is O=C(c1ccccc1Cl)C1(O)CCCCCC1. The molecule has 1 aliphatic rings. The summed E-state index contributed by atoms with van der Waals surface area (Å²) in [6.45, 7) is 0. The maximum absolute atomic E-state index is 12.4. The highest BCUT2D eigenvalue weighted by Crippen LogP contribution is 2.31. The lowest BCUT2D eigenvalue weighted by molar-refractivity contribution is 0.0238. The van der Waals surface area contributed by atoms with Crippen LogP contribution in [-0.2, 0) is 0 Å². The minimum Gasteiger partial charge on any atom is -0.382 e. The Morgan fingerprint density at radius 2 is 1.71 bits per heavy atom. The molecule has 3 heteroatoms. The van der Waals surface area contributed by atoms with Gasteiger partial charge in [0, 0.05) is 5.56 Å². The summed E-state index contributed by atoms with van der Waals surface area (Å²) in [6, 6.07) is 6.94. The summed E-state index contributed by atoms with van der Waals surface area (Å²) in [5, 5.41) is 10.9. The van der Waals surface area contributed by atoms with Crippen molar-refractivity contribution in [3.8, 4) is 0 Å². The summed E-state index contributed by atoms with van der Waals surface area (Å²) >= 11 is 6.01. The molecular weight excluding hydrogens is 236 g/mol. The Bertz CT molecular complexity index is 406. The molecule has 0 amide bonds. The lowest BCUT2D eigenvalue weighted by atomic mass is 9.86. The van der Waals surface area contributed by atoms with Crippen molar-refractivity contribution in [1.82, 2.24) is 0 Å². The van der Waals surface area contributed by atoms with Crippen molar-refractivity contribution >= 4 is 17.4 Å². The van der Waals surface area contributed by atoms with Gasteiger partial charge in [-0.05, 0) is 25.0 Å². The largest absolute Gasteiger partial charge is 0.382 e. The van der Waals surface area contributed by atoms with Gasteiger partial charge in [0.15, 0.2) is 5.78 Å². The monoisotopic (exact) mass is 252 g/mol. The molecule has 0 atom stereocenters. The van der Waals surface area contributed by atoms with Crippen LogP contribution in [0.2, 0.25) is 5.02 Å². The number of carbonyl (C=O) groups is 1. The number of halogens is 1. The van der Waals surface area contributed by atoms with Crippen LogP contribution in [-0.4, -0.2) is 16.5 Å². The van der Waals surface area contributed by atoms with E-state index < -0.39 is 5.60 Å². The standard InChI is InChI=1S/C14H17ClO2/c15-12-8-4-3-7-11(12)13(16)14(17)9-5-1-2-6-10-14/h3-4,7-8,17H,1-2,5-6,9-10H2. The number of hydrogen-bond donors (Lipinski definition) is 1. The molecule has 0 spiro atoms. The number of rotatable bonds is 2. The van der Waals surface area contributed by atoms with Crippen LogP contribution in [0.15, 0.2) is 24.3 Å². The molecule has 1 N–H and O–H groups in total. The maximum atomic E-state index is 12.4. The van der Waals surface area contributed by atoms with Gasteiger partial charge in [0.05, 0.1) is 5.02 Å². The third kappa shape index (κ3) is 2.70. The molecule has 0 unspecified atom stereocenters. The molecular formula is C14H17ClO2. The van der Waals surface area contributed by atoms with E-state index in [9.17, 15) is 9.90 Å². The van der Waals surface area contributed by atoms with Gasteiger partial charge in [0.1, 0.15) is 5.60 Å². The Balaban J connectivity index is 2.27. The molecule has 1 aromatic carbocycles. The van der Waals surface area contributed by atoms with E-state index in [-0.39, 0.29) is 5.78 Å². The van der Waals surface area contributed by atoms with Crippen molar-refractivity contribution in [2.75, 3.05) is 0 Å². The van der Waals surface area contributed by atoms with Crippen LogP contribution in [0.5, 0.6) is 0 Å². The van der Waals surface area contributed by atoms with Crippen LogP contribution in [0.4, 0.5) is 0 Å². The van der Waals surface area contributed by atoms with Gasteiger partial charge >= 0.3 is 0 Å². The van der Waals surface area contributed by atoms with Crippen LogP contribution >= 0.6 is 11.6 Å². The Hall–Kier alpha value is -0.860. The molecule has 1 fully saturated rings. The lowest BCUT2D eigenvalue weighted by Gasteiger charge is -2.25. The molecule has 2 rings (SSSR count). The van der Waals surface area contributed by atoms with E-state index in [2.05, 4.69) is 0 Å². The van der Waals surface area contributed by atoms with Gasteiger partial charge in [0.2, 0.25) is 0 Å². The second kappa shape index (κ2) is 5.19. The Labute approximate surface area is 107 Å². The zero-order valence-corrected chi connectivity index (χ0v) is 10.5. The first-order valence-electron chi connectivity index (χ1n) is 6.15. The van der Waals surface area contributed by atoms with E-state index >= 15 is 0 Å². The summed E-state index contributed by atoms with van der Waals surface area (Å²) in [7, 11) is 0. The van der Waals surface area contributed by atoms with Gasteiger partial charge < -0.3 is 5.11 Å². The highest BCUT2D eigenvalue weighted by Gasteiger charge is 2.37. The third-order valence-corrected chi connectivity index (χ3v) is 3.80. The third-order valence-electron chi connectivity index (χ3n) is 3.47. The Morgan fingerprint density at radius 1 is 1.12 bits per heavy atom. The molecule has 17 heavy (non-hydrogen) atoms. The Morgan fingerprint density at radius 3 is 2.29 bits per heavy atom. The molecule has 0 saturated heterocycles. The van der Waals surface area contributed by atoms with E-state index in [0.29, 0.717) is 23.4 Å². The van der Waals surface area contributed by atoms with Crippen molar-refractivity contribution < 1.29 is 9.90 Å². The Kier molecular flexibility index (Phi) is 3.85. The number of aliphatic hydroxyl groups is 1. The number of carbonyl (C=O) groups excluding carboxylic acids is 1. The highest BCUT2D eigenvalue weighted by atomic mass is 35.5. The molecule has 2 nitrogen and oxygen atoms in total. The topological polar surface area (TPSA) is 37.3 Å². The van der Waals surface area contributed by atoms with E-state index in [0.717, 1.165) is 25.7 Å². The molecule has 1 aromatic rings. The van der Waals surface area contributed by atoms with Gasteiger partial charge in [0.25, 0.3) is 0 Å². The predicted octanol–water partition coefficient (Wildman–Crippen LogP) is 3.61. The van der Waals surface area contributed by atoms with Gasteiger partial charge in [-0.2, -0.15) is 0 Å². The van der Waals surface area contributed by atoms with Gasteiger partial charge in [-0.15, -0.1) is 0 Å². The second-order valence-corrected chi connectivity index (χ2v) is 5.16. The van der Waals surface area contributed by atoms with Crippen molar-refractivity contribution in [3.05, 3.63) is 34.9 Å². The van der Waals surface area contributed by atoms with E-state index in [1.165, 1.54) is 0 Å². The van der Waals surface area contributed by atoms with Crippen LogP contribution in [0.3, 0.4) is 0 Å². The summed E-state index contributed by atoms with van der Waals surface area (Å²) in [6.07, 6.45) is 5.11. The quantitative estimate of drug-likeness (QED) is 0.645. The minimum atomic E-state index is -1.21. The van der Waals surface area contributed by atoms with E-state index in [1.807, 2.05) is 0 Å². The van der Waals surface area contributed by atoms with Crippen molar-refractivity contribution in [2.24, 2.45) is 0 Å². The minimum absolute atomic E-state index is 0.218. The average Bonchev–Trinajstić information content (AvgIpc) is 2.55. The van der Waals surface area contributed by atoms with Crippen molar-refractivity contribution in [2.45, 2.75) is 44.1 Å². The molecule has 0 heterocycles. The number of hydrogen-bond acceptors (Lipinski definition) is 2. The molecule has 0 aliphatic heterocycles. The fourth-order valence-corrected chi connectivity index (χ4v) is 2.66. The number of ketones is 1. The number of benzene rings is 1. The normalized spacial score (nSPS) is 19.6. The second-order valence-electron chi connectivity index (χ2n) is 4.75. The molecule has 0 aromatic heterocycles. The van der Waals surface area contributed by atoms with Gasteiger partial charge in [-0.1, -0.05) is 49.4 Å². The molecule has 1 aliphatic carbocycles. The van der Waals surface area contributed by atoms with Crippen LogP contribution in [0.1, 0.15) is 48.9 Å². The summed E-state index contributed by atoms with van der Waals surface area (Å²) in [4.78, 5) is 12.4. The lowest BCUT2D eigenvalue weighted by Crippen LogP contribution is -2.38. The van der Waals surface area contributed by atoms with Crippen LogP contribution < -0.4 is 0 Å². The molecule has 0 bridgehead atoms. The summed E-state index contributed by atoms with van der Waals surface area (Å²) < 4.78 is 0. The van der Waals surface area contributed by atoms with Gasteiger partial charge in [-0.25, -0.2) is 0 Å². The summed E-state index contributed by atoms with van der Waals surface area (Å²) in [5.74, 6) is -0.218. The fourth-order valence-electron chi connectivity index (χ4n) is 2.44. The molecule has 1 saturated carbocycles. The van der Waals surface area contributed by atoms with E-state index in [1.54, 1.807) is 24.3 Å². The molecule has 0 radical (unpaired) electrons. The molecule has 92 valence electrons. The smallest absolute Gasteiger partial charge is 0.195 e. The maximum Gasteiger partial charge on any atom is 0.195 e. The van der Waals surface area contributed by atoms with Crippen molar-refractivity contribution in [3.63, 3.8) is 0 Å². The first kappa shape index (κ1) is 12.6. The number of Topliss-reactive ketones (excluding diaryl/α,β-unsaturated/α-hetero) is 1. The van der Waals surface area contributed by atoms with Crippen LogP contribution in [0.25, 0.3) is 0 Å².